The van der Waals surface area contributed by atoms with Gasteiger partial charge < -0.3 is 35.4 Å². The Kier molecular flexibility index (Phi) is 9.03. The molecule has 2 aromatic carbocycles. The van der Waals surface area contributed by atoms with Crippen molar-refractivity contribution < 1.29 is 28.5 Å². The van der Waals surface area contributed by atoms with Crippen LogP contribution in [0.1, 0.15) is 29.2 Å². The number of fused-ring (bicyclic) bond motifs is 1. The maximum absolute atomic E-state index is 15.1. The molecule has 0 bridgehead atoms. The van der Waals surface area contributed by atoms with E-state index < -0.39 is 23.2 Å². The van der Waals surface area contributed by atoms with Gasteiger partial charge in [-0.2, -0.15) is 4.98 Å². The molecule has 2 aromatic heterocycles. The van der Waals surface area contributed by atoms with Crippen LogP contribution in [-0.4, -0.2) is 40.0 Å². The fraction of sp³-hybridized carbons (Fsp3) is 0.185. The summed E-state index contributed by atoms with van der Waals surface area (Å²) in [5.41, 5.74) is 13.0. The van der Waals surface area contributed by atoms with E-state index in [4.69, 9.17) is 26.0 Å². The Balaban J connectivity index is 0.00000441. The predicted octanol–water partition coefficient (Wildman–Crippen LogP) is 3.60. The largest absolute Gasteiger partial charge is 0.511 e. The molecule has 0 fully saturated rings. The van der Waals surface area contributed by atoms with Crippen molar-refractivity contribution in [2.24, 2.45) is 0 Å². The molecular weight excluding hydrogens is 545 g/mol. The Labute approximate surface area is 233 Å². The molecule has 40 heavy (non-hydrogen) atoms. The molecule has 0 aliphatic heterocycles. The molecule has 0 unspecified atom stereocenters. The molecule has 208 valence electrons. The second-order valence-corrected chi connectivity index (χ2v) is 8.27. The maximum atomic E-state index is 15.1. The minimum Gasteiger partial charge on any atom is -0.493 e. The highest BCUT2D eigenvalue weighted by Crippen LogP contribution is 2.33. The van der Waals surface area contributed by atoms with E-state index in [1.807, 2.05) is 0 Å². The second kappa shape index (κ2) is 12.2. The molecule has 0 aliphatic carbocycles. The van der Waals surface area contributed by atoms with E-state index in [1.165, 1.54) is 32.7 Å². The molecule has 13 heteroatoms. The lowest BCUT2D eigenvalue weighted by atomic mass is 10.0. The first kappa shape index (κ1) is 29.5. The fourth-order valence-electron chi connectivity index (χ4n) is 4.05. The number of nitrogen functional groups attached to an aromatic ring is 2. The minimum atomic E-state index is -1.64. The van der Waals surface area contributed by atoms with Gasteiger partial charge in [0, 0.05) is 24.7 Å². The van der Waals surface area contributed by atoms with Gasteiger partial charge in [0.1, 0.15) is 11.6 Å². The van der Waals surface area contributed by atoms with E-state index in [-0.39, 0.29) is 35.1 Å². The first-order valence-electron chi connectivity index (χ1n) is 11.6. The van der Waals surface area contributed by atoms with E-state index >= 15 is 4.39 Å². The first-order valence-corrected chi connectivity index (χ1v) is 11.6. The molecule has 0 saturated heterocycles. The summed E-state index contributed by atoms with van der Waals surface area (Å²) in [4.78, 5) is 31.6. The Hall–Kier alpha value is -5.02. The number of halogens is 2. The number of methoxy groups -OCH3 is 2. The molecule has 0 amide bonds. The SMILES string of the molecule is CCn1cc(OC(=O)O)c(=O)c2cc(F)c(C#Cc3cc(Cc4cnc(N)nc4N)cc(OC)c3OC)cc21.Cl. The summed E-state index contributed by atoms with van der Waals surface area (Å²) in [5, 5.41) is 8.87. The van der Waals surface area contributed by atoms with Crippen molar-refractivity contribution in [1.82, 2.24) is 14.5 Å². The highest BCUT2D eigenvalue weighted by Gasteiger charge is 2.16. The fourth-order valence-corrected chi connectivity index (χ4v) is 4.05. The summed E-state index contributed by atoms with van der Waals surface area (Å²) in [6, 6.07) is 5.95. The quantitative estimate of drug-likeness (QED) is 0.231. The zero-order valence-electron chi connectivity index (χ0n) is 21.6. The summed E-state index contributed by atoms with van der Waals surface area (Å²) in [7, 11) is 2.94. The van der Waals surface area contributed by atoms with Crippen LogP contribution in [0, 0.1) is 17.7 Å². The minimum absolute atomic E-state index is 0. The molecule has 0 atom stereocenters. The average molecular weight is 570 g/mol. The van der Waals surface area contributed by atoms with Gasteiger partial charge in [-0.1, -0.05) is 11.8 Å². The van der Waals surface area contributed by atoms with Crippen LogP contribution in [-0.2, 0) is 13.0 Å². The number of nitrogens with zero attached hydrogens (tertiary/aromatic N) is 3. The van der Waals surface area contributed by atoms with Crippen LogP contribution in [0.3, 0.4) is 0 Å². The topological polar surface area (TPSA) is 165 Å². The Morgan fingerprint density at radius 2 is 1.82 bits per heavy atom. The van der Waals surface area contributed by atoms with E-state index in [0.29, 0.717) is 41.1 Å². The summed E-state index contributed by atoms with van der Waals surface area (Å²) in [6.45, 7) is 2.14. The number of hydrogen-bond acceptors (Lipinski definition) is 9. The standard InChI is InChI=1S/C27H24FN5O6.ClH/c1-4-33-13-22(39-27(35)36)23(34)18-11-19(28)15(10-20(18)33)5-6-16-7-14(9-21(37-2)24(16)38-3)8-17-12-31-26(30)32-25(17)29;/h7,9-13H,4,8H2,1-3H3,(H,35,36)(H4,29,30,31,32);1H. The molecular formula is C27H25ClFN5O6. The third-order valence-corrected chi connectivity index (χ3v) is 5.86. The van der Waals surface area contributed by atoms with Crippen LogP contribution in [0.15, 0.2) is 41.5 Å². The Morgan fingerprint density at radius 1 is 1.10 bits per heavy atom. The van der Waals surface area contributed by atoms with E-state index in [1.54, 1.807) is 23.6 Å². The van der Waals surface area contributed by atoms with E-state index in [2.05, 4.69) is 26.5 Å². The van der Waals surface area contributed by atoms with Crippen molar-refractivity contribution in [3.05, 3.63) is 75.0 Å². The number of carbonyl (C=O) groups is 1. The summed E-state index contributed by atoms with van der Waals surface area (Å²) >= 11 is 0. The van der Waals surface area contributed by atoms with Crippen LogP contribution < -0.4 is 31.1 Å². The van der Waals surface area contributed by atoms with Gasteiger partial charge in [0.15, 0.2) is 17.2 Å². The van der Waals surface area contributed by atoms with Gasteiger partial charge in [0.25, 0.3) is 0 Å². The van der Waals surface area contributed by atoms with Crippen molar-refractivity contribution in [1.29, 1.82) is 0 Å². The Bertz CT molecular complexity index is 1730. The normalized spacial score (nSPS) is 10.3. The number of carboxylic acid groups (broad SMARTS) is 1. The molecule has 11 nitrogen and oxygen atoms in total. The highest BCUT2D eigenvalue weighted by molar-refractivity contribution is 5.85. The molecule has 5 N–H and O–H groups in total. The predicted molar refractivity (Wildman–Crippen MR) is 149 cm³/mol. The molecule has 4 rings (SSSR count). The molecule has 0 saturated carbocycles. The van der Waals surface area contributed by atoms with Crippen LogP contribution in [0.5, 0.6) is 17.2 Å². The smallest absolute Gasteiger partial charge is 0.493 e. The number of ether oxygens (including phenoxy) is 3. The summed E-state index contributed by atoms with van der Waals surface area (Å²) in [6.07, 6.45) is 1.49. The van der Waals surface area contributed by atoms with Crippen molar-refractivity contribution in [3.8, 4) is 29.1 Å². The van der Waals surface area contributed by atoms with Gasteiger partial charge in [-0.15, -0.1) is 12.4 Å². The van der Waals surface area contributed by atoms with E-state index in [9.17, 15) is 9.59 Å². The highest BCUT2D eigenvalue weighted by atomic mass is 35.5. The van der Waals surface area contributed by atoms with Crippen molar-refractivity contribution >= 4 is 41.2 Å². The maximum Gasteiger partial charge on any atom is 0.511 e. The van der Waals surface area contributed by atoms with Crippen molar-refractivity contribution in [3.63, 3.8) is 0 Å². The summed E-state index contributed by atoms with van der Waals surface area (Å²) < 4.78 is 32.2. The van der Waals surface area contributed by atoms with E-state index in [0.717, 1.165) is 11.6 Å². The van der Waals surface area contributed by atoms with Gasteiger partial charge >= 0.3 is 6.16 Å². The number of benzene rings is 2. The number of aromatic nitrogens is 3. The first-order chi connectivity index (χ1) is 18.6. The van der Waals surface area contributed by atoms with Gasteiger partial charge in [-0.05, 0) is 36.8 Å². The Morgan fingerprint density at radius 3 is 2.45 bits per heavy atom. The number of pyridine rings is 1. The lowest BCUT2D eigenvalue weighted by Crippen LogP contribution is -2.16. The number of nitrogens with two attached hydrogens (primary N) is 2. The molecule has 0 radical (unpaired) electrons. The third-order valence-electron chi connectivity index (χ3n) is 5.86. The lowest BCUT2D eigenvalue weighted by Gasteiger charge is -2.13. The second-order valence-electron chi connectivity index (χ2n) is 8.27. The van der Waals surface area contributed by atoms with Gasteiger partial charge in [0.2, 0.25) is 11.4 Å². The number of hydrogen-bond donors (Lipinski definition) is 3. The number of rotatable bonds is 6. The number of anilines is 2. The van der Waals surface area contributed by atoms with Crippen molar-refractivity contribution in [2.75, 3.05) is 25.7 Å². The zero-order valence-corrected chi connectivity index (χ0v) is 22.5. The lowest BCUT2D eigenvalue weighted by molar-refractivity contribution is 0.144. The molecule has 4 aromatic rings. The number of aryl methyl sites for hydroxylation is 1. The van der Waals surface area contributed by atoms with Crippen LogP contribution >= 0.6 is 12.4 Å². The van der Waals surface area contributed by atoms with Crippen LogP contribution in [0.4, 0.5) is 21.0 Å². The molecule has 0 aliphatic rings. The van der Waals surface area contributed by atoms with Crippen LogP contribution in [0.2, 0.25) is 0 Å². The average Bonchev–Trinajstić information content (AvgIpc) is 2.90. The monoisotopic (exact) mass is 569 g/mol. The van der Waals surface area contributed by atoms with Gasteiger partial charge in [0.05, 0.1) is 42.4 Å². The zero-order chi connectivity index (χ0) is 28.3. The van der Waals surface area contributed by atoms with Gasteiger partial charge in [-0.3, -0.25) is 4.79 Å². The van der Waals surface area contributed by atoms with Crippen molar-refractivity contribution in [2.45, 2.75) is 19.9 Å². The molecule has 0 spiro atoms. The molecule has 2 heterocycles. The van der Waals surface area contributed by atoms with Crippen LogP contribution in [0.25, 0.3) is 10.9 Å². The van der Waals surface area contributed by atoms with Gasteiger partial charge in [-0.25, -0.2) is 14.2 Å². The third kappa shape index (κ3) is 6.00. The summed E-state index contributed by atoms with van der Waals surface area (Å²) in [5.74, 6) is 5.60.